The average Bonchev–Trinajstić information content (AvgIpc) is 2.29. The monoisotopic (exact) mass is 242 g/mol. The first-order valence-corrected chi connectivity index (χ1v) is 6.13. The van der Waals surface area contributed by atoms with E-state index in [4.69, 9.17) is 11.6 Å². The molecule has 0 saturated heterocycles. The fraction of sp³-hybridized carbons (Fsp3) is 0.538. The van der Waals surface area contributed by atoms with Crippen molar-refractivity contribution in [3.8, 4) is 11.5 Å². The van der Waals surface area contributed by atoms with E-state index in [1.165, 1.54) is 6.07 Å². The summed E-state index contributed by atoms with van der Waals surface area (Å²) >= 11 is 6.53. The number of phenols is 2. The van der Waals surface area contributed by atoms with Gasteiger partial charge in [-0.1, -0.05) is 38.8 Å². The van der Waals surface area contributed by atoms with Crippen molar-refractivity contribution in [3.63, 3.8) is 0 Å². The molecule has 2 nitrogen and oxygen atoms in total. The number of halogens is 1. The van der Waals surface area contributed by atoms with Crippen LogP contribution < -0.4 is 0 Å². The zero-order valence-corrected chi connectivity index (χ0v) is 10.6. The molecule has 3 heteroatoms. The molecule has 0 bridgehead atoms. The molecular formula is C13H19ClO2. The van der Waals surface area contributed by atoms with E-state index in [-0.39, 0.29) is 11.5 Å². The van der Waals surface area contributed by atoms with Crippen LogP contribution in [-0.2, 0) is 4.87 Å². The Morgan fingerprint density at radius 1 is 1.25 bits per heavy atom. The van der Waals surface area contributed by atoms with Crippen LogP contribution in [0.2, 0.25) is 0 Å². The molecule has 1 aromatic rings. The maximum absolute atomic E-state index is 9.83. The van der Waals surface area contributed by atoms with E-state index in [2.05, 4.69) is 6.92 Å². The van der Waals surface area contributed by atoms with Crippen LogP contribution in [0.15, 0.2) is 18.2 Å². The molecule has 0 fully saturated rings. The maximum Gasteiger partial charge on any atom is 0.162 e. The molecule has 1 aromatic carbocycles. The summed E-state index contributed by atoms with van der Waals surface area (Å²) in [6.45, 7) is 4.10. The van der Waals surface area contributed by atoms with Gasteiger partial charge in [0.25, 0.3) is 0 Å². The van der Waals surface area contributed by atoms with Gasteiger partial charge in [-0.15, -0.1) is 11.6 Å². The second kappa shape index (κ2) is 5.44. The van der Waals surface area contributed by atoms with Gasteiger partial charge >= 0.3 is 0 Å². The van der Waals surface area contributed by atoms with Gasteiger partial charge in [0, 0.05) is 5.56 Å². The average molecular weight is 243 g/mol. The first-order valence-electron chi connectivity index (χ1n) is 5.75. The van der Waals surface area contributed by atoms with Gasteiger partial charge in [0.2, 0.25) is 0 Å². The number of benzene rings is 1. The summed E-state index contributed by atoms with van der Waals surface area (Å²) in [6.07, 6.45) is 3.60. The lowest BCUT2D eigenvalue weighted by Gasteiger charge is -2.27. The summed E-state index contributed by atoms with van der Waals surface area (Å²) in [5.74, 6) is -0.192. The Bertz CT molecular complexity index is 352. The largest absolute Gasteiger partial charge is 0.504 e. The quantitative estimate of drug-likeness (QED) is 0.602. The third-order valence-corrected chi connectivity index (χ3v) is 3.64. The smallest absolute Gasteiger partial charge is 0.162 e. The molecule has 0 aliphatic heterocycles. The van der Waals surface area contributed by atoms with Gasteiger partial charge < -0.3 is 10.2 Å². The molecule has 1 rings (SSSR count). The van der Waals surface area contributed by atoms with Gasteiger partial charge in [0.05, 0.1) is 4.87 Å². The summed E-state index contributed by atoms with van der Waals surface area (Å²) in [4.78, 5) is -0.571. The van der Waals surface area contributed by atoms with Crippen LogP contribution >= 0.6 is 11.6 Å². The molecule has 16 heavy (non-hydrogen) atoms. The number of rotatable bonds is 5. The first-order chi connectivity index (χ1) is 7.55. The Labute approximate surface area is 102 Å². The summed E-state index contributed by atoms with van der Waals surface area (Å²) in [6, 6.07) is 4.95. The summed E-state index contributed by atoms with van der Waals surface area (Å²) in [5.41, 5.74) is 0.630. The fourth-order valence-electron chi connectivity index (χ4n) is 1.85. The molecule has 1 atom stereocenters. The van der Waals surface area contributed by atoms with Crippen LogP contribution in [0.5, 0.6) is 11.5 Å². The molecule has 0 aliphatic rings. The molecule has 0 spiro atoms. The van der Waals surface area contributed by atoms with E-state index in [9.17, 15) is 10.2 Å². The Morgan fingerprint density at radius 3 is 2.50 bits per heavy atom. The topological polar surface area (TPSA) is 40.5 Å². The third kappa shape index (κ3) is 2.62. The highest BCUT2D eigenvalue weighted by Crippen LogP contribution is 2.44. The van der Waals surface area contributed by atoms with E-state index < -0.39 is 4.87 Å². The molecular weight excluding hydrogens is 224 g/mol. The van der Waals surface area contributed by atoms with Crippen molar-refractivity contribution >= 4 is 11.6 Å². The number of unbranched alkanes of at least 4 members (excludes halogenated alkanes) is 1. The number of aromatic hydroxyl groups is 2. The summed E-state index contributed by atoms with van der Waals surface area (Å²) < 4.78 is 0. The molecule has 90 valence electrons. The summed E-state index contributed by atoms with van der Waals surface area (Å²) in [5, 5.41) is 19.3. The zero-order valence-electron chi connectivity index (χ0n) is 9.83. The highest BCUT2D eigenvalue weighted by atomic mass is 35.5. The normalized spacial score (nSPS) is 14.7. The molecule has 0 aliphatic carbocycles. The highest BCUT2D eigenvalue weighted by Gasteiger charge is 2.30. The van der Waals surface area contributed by atoms with Gasteiger partial charge in [-0.2, -0.15) is 0 Å². The number of hydrogen-bond acceptors (Lipinski definition) is 2. The van der Waals surface area contributed by atoms with Crippen LogP contribution in [0, 0.1) is 0 Å². The van der Waals surface area contributed by atoms with E-state index in [1.54, 1.807) is 12.1 Å². The van der Waals surface area contributed by atoms with E-state index in [0.29, 0.717) is 5.56 Å². The van der Waals surface area contributed by atoms with Crippen molar-refractivity contribution < 1.29 is 10.2 Å². The van der Waals surface area contributed by atoms with Crippen LogP contribution in [0.3, 0.4) is 0 Å². The predicted octanol–water partition coefficient (Wildman–Crippen LogP) is 4.13. The van der Waals surface area contributed by atoms with Crippen molar-refractivity contribution in [3.05, 3.63) is 23.8 Å². The molecule has 0 amide bonds. The van der Waals surface area contributed by atoms with E-state index in [1.807, 2.05) is 6.92 Å². The predicted molar refractivity (Wildman–Crippen MR) is 67.1 cm³/mol. The first kappa shape index (κ1) is 13.2. The number of para-hydroxylation sites is 1. The van der Waals surface area contributed by atoms with E-state index in [0.717, 1.165) is 25.7 Å². The van der Waals surface area contributed by atoms with Gasteiger partial charge in [-0.3, -0.25) is 0 Å². The van der Waals surface area contributed by atoms with Crippen LogP contribution in [0.4, 0.5) is 0 Å². The molecule has 0 heterocycles. The van der Waals surface area contributed by atoms with Gasteiger partial charge in [0.1, 0.15) is 0 Å². The van der Waals surface area contributed by atoms with Crippen LogP contribution in [-0.4, -0.2) is 10.2 Å². The minimum absolute atomic E-state index is 0.0875. The number of phenolic OH excluding ortho intramolecular Hbond substituents is 2. The zero-order chi connectivity index (χ0) is 12.2. The van der Waals surface area contributed by atoms with Crippen LogP contribution in [0.25, 0.3) is 0 Å². The standard InChI is InChI=1S/C13H19ClO2/c1-3-5-9-13(14,4-2)10-7-6-8-11(15)12(10)16/h6-8,15-16H,3-5,9H2,1-2H3. The SMILES string of the molecule is CCCCC(Cl)(CC)c1cccc(O)c1O. The Morgan fingerprint density at radius 2 is 1.94 bits per heavy atom. The lowest BCUT2D eigenvalue weighted by molar-refractivity contribution is 0.386. The molecule has 1 unspecified atom stereocenters. The fourth-order valence-corrected chi connectivity index (χ4v) is 2.14. The lowest BCUT2D eigenvalue weighted by atomic mass is 9.89. The van der Waals surface area contributed by atoms with Crippen LogP contribution in [0.1, 0.15) is 45.1 Å². The number of alkyl halides is 1. The molecule has 0 saturated carbocycles. The highest BCUT2D eigenvalue weighted by molar-refractivity contribution is 6.24. The second-order valence-corrected chi connectivity index (χ2v) is 4.82. The minimum Gasteiger partial charge on any atom is -0.504 e. The molecule has 0 aromatic heterocycles. The Balaban J connectivity index is 3.07. The Kier molecular flexibility index (Phi) is 4.48. The van der Waals surface area contributed by atoms with Crippen molar-refractivity contribution in [2.45, 2.75) is 44.4 Å². The molecule has 0 radical (unpaired) electrons. The van der Waals surface area contributed by atoms with Crippen molar-refractivity contribution in [1.82, 2.24) is 0 Å². The van der Waals surface area contributed by atoms with Crippen molar-refractivity contribution in [2.75, 3.05) is 0 Å². The van der Waals surface area contributed by atoms with Crippen molar-refractivity contribution in [2.24, 2.45) is 0 Å². The van der Waals surface area contributed by atoms with Gasteiger partial charge in [0.15, 0.2) is 11.5 Å². The van der Waals surface area contributed by atoms with Gasteiger partial charge in [-0.05, 0) is 18.9 Å². The minimum atomic E-state index is -0.571. The van der Waals surface area contributed by atoms with Gasteiger partial charge in [-0.25, -0.2) is 0 Å². The second-order valence-electron chi connectivity index (χ2n) is 4.10. The molecule has 2 N–H and O–H groups in total. The van der Waals surface area contributed by atoms with Crippen molar-refractivity contribution in [1.29, 1.82) is 0 Å². The maximum atomic E-state index is 9.83. The Hall–Kier alpha value is -0.890. The summed E-state index contributed by atoms with van der Waals surface area (Å²) in [7, 11) is 0. The third-order valence-electron chi connectivity index (χ3n) is 2.98. The van der Waals surface area contributed by atoms with E-state index >= 15 is 0 Å². The lowest BCUT2D eigenvalue weighted by Crippen LogP contribution is -2.17. The number of hydrogen-bond donors (Lipinski definition) is 2.